The lowest BCUT2D eigenvalue weighted by atomic mass is 9.92. The summed E-state index contributed by atoms with van der Waals surface area (Å²) in [5.74, 6) is 0.596. The molecule has 0 saturated carbocycles. The third kappa shape index (κ3) is 5.24. The molecule has 194 valence electrons. The number of methoxy groups -OCH3 is 2. The number of hydrogen-bond donors (Lipinski definition) is 0. The molecule has 1 aromatic rings. The van der Waals surface area contributed by atoms with E-state index in [2.05, 4.69) is 0 Å². The lowest BCUT2D eigenvalue weighted by molar-refractivity contribution is -0.150. The fraction of sp³-hybridized carbons (Fsp3) is 0.500. The van der Waals surface area contributed by atoms with Crippen molar-refractivity contribution in [2.45, 2.75) is 45.8 Å². The highest BCUT2D eigenvalue weighted by molar-refractivity contribution is 8.16. The number of aliphatic imine (C=N–C) groups is 1. The average molecular weight is 516 g/mol. The number of esters is 1. The van der Waals surface area contributed by atoms with Gasteiger partial charge >= 0.3 is 5.97 Å². The van der Waals surface area contributed by atoms with Crippen molar-refractivity contribution in [2.24, 2.45) is 4.99 Å². The van der Waals surface area contributed by atoms with E-state index in [9.17, 15) is 9.59 Å². The molecule has 0 spiro atoms. The predicted molar refractivity (Wildman–Crippen MR) is 138 cm³/mol. The first-order valence-electron chi connectivity index (χ1n) is 11.9. The Hall–Kier alpha value is -2.98. The Morgan fingerprint density at radius 2 is 1.89 bits per heavy atom. The van der Waals surface area contributed by atoms with E-state index in [0.717, 1.165) is 11.3 Å². The van der Waals surface area contributed by atoms with Gasteiger partial charge in [-0.2, -0.15) is 0 Å². The topological polar surface area (TPSA) is 89.9 Å². The third-order valence-corrected chi connectivity index (χ3v) is 6.93. The molecule has 1 unspecified atom stereocenters. The number of nitrogens with zero attached hydrogens (tertiary/aromatic N) is 3. The van der Waals surface area contributed by atoms with E-state index in [1.807, 2.05) is 48.1 Å². The maximum absolute atomic E-state index is 13.6. The average Bonchev–Trinajstić information content (AvgIpc) is 3.23. The molecule has 0 N–H and O–H groups in total. The summed E-state index contributed by atoms with van der Waals surface area (Å²) in [4.78, 5) is 35.2. The van der Waals surface area contributed by atoms with E-state index in [0.29, 0.717) is 54.2 Å². The number of rotatable bonds is 6. The maximum Gasteiger partial charge on any atom is 0.338 e. The van der Waals surface area contributed by atoms with E-state index in [-0.39, 0.29) is 12.3 Å². The van der Waals surface area contributed by atoms with Crippen molar-refractivity contribution in [1.29, 1.82) is 0 Å². The standard InChI is InChI=1S/C26H33N3O6S/c1-16-21(24(31)35-26(2,3)4)22(18-8-7-9-19(32-5)23(18)33-6)29-17(15-36-25(29)27-16)14-20(30)28-10-12-34-13-11-28/h7-9,15,22H,10-14H2,1-6H3. The number of thioether (sulfide) groups is 1. The van der Waals surface area contributed by atoms with Crippen LogP contribution in [0.25, 0.3) is 0 Å². The number of hydrogen-bond acceptors (Lipinski definition) is 9. The molecule has 9 nitrogen and oxygen atoms in total. The van der Waals surface area contributed by atoms with Crippen LogP contribution in [-0.4, -0.2) is 73.0 Å². The summed E-state index contributed by atoms with van der Waals surface area (Å²) in [5.41, 5.74) is 1.75. The summed E-state index contributed by atoms with van der Waals surface area (Å²) < 4.78 is 22.5. The monoisotopic (exact) mass is 515 g/mol. The molecule has 3 aliphatic rings. The molecule has 1 atom stereocenters. The van der Waals surface area contributed by atoms with Crippen LogP contribution in [0.4, 0.5) is 0 Å². The van der Waals surface area contributed by atoms with Crippen LogP contribution in [0.5, 0.6) is 11.5 Å². The molecule has 10 heteroatoms. The SMILES string of the molecule is COc1cccc(C2C(C(=O)OC(C)(C)C)=C(C)N=C3SC=C(CC(=O)N4CCOCC4)N32)c1OC. The number of amidine groups is 1. The Labute approximate surface area is 216 Å². The first-order valence-corrected chi connectivity index (χ1v) is 12.8. The smallest absolute Gasteiger partial charge is 0.338 e. The van der Waals surface area contributed by atoms with Gasteiger partial charge in [0.1, 0.15) is 5.60 Å². The summed E-state index contributed by atoms with van der Waals surface area (Å²) in [7, 11) is 3.14. The molecule has 0 aliphatic carbocycles. The molecular weight excluding hydrogens is 482 g/mol. The normalized spacial score (nSPS) is 20.0. The second-order valence-electron chi connectivity index (χ2n) is 9.65. The minimum Gasteiger partial charge on any atom is -0.493 e. The number of morpholine rings is 1. The van der Waals surface area contributed by atoms with Gasteiger partial charge in [0.25, 0.3) is 0 Å². The van der Waals surface area contributed by atoms with Gasteiger partial charge in [-0.3, -0.25) is 4.79 Å². The molecular formula is C26H33N3O6S. The van der Waals surface area contributed by atoms with E-state index < -0.39 is 17.6 Å². The molecule has 4 rings (SSSR count). The molecule has 1 saturated heterocycles. The molecule has 3 heterocycles. The third-order valence-electron chi connectivity index (χ3n) is 6.04. The molecule has 0 radical (unpaired) electrons. The molecule has 0 aromatic heterocycles. The van der Waals surface area contributed by atoms with E-state index in [1.54, 1.807) is 27.2 Å². The van der Waals surface area contributed by atoms with Crippen LogP contribution in [0, 0.1) is 0 Å². The van der Waals surface area contributed by atoms with Crippen LogP contribution >= 0.6 is 11.8 Å². The van der Waals surface area contributed by atoms with Crippen LogP contribution < -0.4 is 9.47 Å². The van der Waals surface area contributed by atoms with Gasteiger partial charge in [-0.15, -0.1) is 0 Å². The zero-order valence-corrected chi connectivity index (χ0v) is 22.4. The highest BCUT2D eigenvalue weighted by Crippen LogP contribution is 2.49. The number of ether oxygens (including phenoxy) is 4. The van der Waals surface area contributed by atoms with Gasteiger partial charge in [0.15, 0.2) is 16.7 Å². The van der Waals surface area contributed by atoms with E-state index in [1.165, 1.54) is 11.8 Å². The van der Waals surface area contributed by atoms with Crippen LogP contribution in [0.15, 0.2) is 45.6 Å². The van der Waals surface area contributed by atoms with Crippen molar-refractivity contribution in [3.05, 3.63) is 46.1 Å². The van der Waals surface area contributed by atoms with Crippen molar-refractivity contribution >= 4 is 28.8 Å². The number of amides is 1. The molecule has 36 heavy (non-hydrogen) atoms. The van der Waals surface area contributed by atoms with Crippen molar-refractivity contribution < 1.29 is 28.5 Å². The van der Waals surface area contributed by atoms with Crippen molar-refractivity contribution in [1.82, 2.24) is 9.80 Å². The minimum absolute atomic E-state index is 0.00727. The highest BCUT2D eigenvalue weighted by Gasteiger charge is 2.43. The summed E-state index contributed by atoms with van der Waals surface area (Å²) in [6.45, 7) is 9.49. The van der Waals surface area contributed by atoms with Crippen molar-refractivity contribution in [3.8, 4) is 11.5 Å². The quantitative estimate of drug-likeness (QED) is 0.528. The molecule has 1 amide bonds. The molecule has 1 fully saturated rings. The Kier molecular flexibility index (Phi) is 7.65. The van der Waals surface area contributed by atoms with E-state index >= 15 is 0 Å². The molecule has 0 bridgehead atoms. The van der Waals surface area contributed by atoms with Gasteiger partial charge in [0, 0.05) is 24.4 Å². The summed E-state index contributed by atoms with van der Waals surface area (Å²) >= 11 is 1.44. The van der Waals surface area contributed by atoms with Gasteiger partial charge < -0.3 is 28.7 Å². The van der Waals surface area contributed by atoms with Crippen molar-refractivity contribution in [3.63, 3.8) is 0 Å². The van der Waals surface area contributed by atoms with Crippen LogP contribution in [0.2, 0.25) is 0 Å². The maximum atomic E-state index is 13.6. The number of carbonyl (C=O) groups excluding carboxylic acids is 2. The molecule has 1 aromatic carbocycles. The highest BCUT2D eigenvalue weighted by atomic mass is 32.2. The first-order chi connectivity index (χ1) is 17.1. The Morgan fingerprint density at radius 1 is 1.17 bits per heavy atom. The van der Waals surface area contributed by atoms with Gasteiger partial charge in [0.2, 0.25) is 5.91 Å². The zero-order chi connectivity index (χ0) is 26.0. The fourth-order valence-electron chi connectivity index (χ4n) is 4.46. The number of para-hydroxylation sites is 1. The van der Waals surface area contributed by atoms with Crippen LogP contribution in [-0.2, 0) is 19.1 Å². The zero-order valence-electron chi connectivity index (χ0n) is 21.6. The van der Waals surface area contributed by atoms with Crippen LogP contribution in [0.1, 0.15) is 45.7 Å². The second kappa shape index (κ2) is 10.6. The van der Waals surface area contributed by atoms with Gasteiger partial charge in [-0.25, -0.2) is 9.79 Å². The minimum atomic E-state index is -0.692. The number of carbonyl (C=O) groups is 2. The lowest BCUT2D eigenvalue weighted by Crippen LogP contribution is -2.43. The Bertz CT molecular complexity index is 1130. The molecule has 3 aliphatic heterocycles. The van der Waals surface area contributed by atoms with Gasteiger partial charge in [-0.05, 0) is 39.2 Å². The van der Waals surface area contributed by atoms with Gasteiger partial charge in [0.05, 0.1) is 51.2 Å². The largest absolute Gasteiger partial charge is 0.493 e. The van der Waals surface area contributed by atoms with Crippen molar-refractivity contribution in [2.75, 3.05) is 40.5 Å². The summed E-state index contributed by atoms with van der Waals surface area (Å²) in [6, 6.07) is 4.95. The number of allylic oxidation sites excluding steroid dienone is 1. The van der Waals surface area contributed by atoms with Gasteiger partial charge in [-0.1, -0.05) is 23.9 Å². The summed E-state index contributed by atoms with van der Waals surface area (Å²) in [5, 5.41) is 2.63. The number of fused-ring (bicyclic) bond motifs is 1. The predicted octanol–water partition coefficient (Wildman–Crippen LogP) is 3.87. The first kappa shape index (κ1) is 26.1. The second-order valence-corrected chi connectivity index (χ2v) is 10.5. The summed E-state index contributed by atoms with van der Waals surface area (Å²) in [6.07, 6.45) is 0.176. The Balaban J connectivity index is 1.79. The van der Waals surface area contributed by atoms with Crippen LogP contribution in [0.3, 0.4) is 0 Å². The lowest BCUT2D eigenvalue weighted by Gasteiger charge is -2.38. The van der Waals surface area contributed by atoms with E-state index in [4.69, 9.17) is 23.9 Å². The fourth-order valence-corrected chi connectivity index (χ4v) is 5.43. The Morgan fingerprint density at radius 3 is 2.53 bits per heavy atom. The number of benzene rings is 1.